The zero-order chi connectivity index (χ0) is 20.9. The van der Waals surface area contributed by atoms with Crippen LogP contribution in [0.25, 0.3) is 0 Å². The summed E-state index contributed by atoms with van der Waals surface area (Å²) in [6, 6.07) is 7.47. The highest BCUT2D eigenvalue weighted by atomic mass is 32.2. The Balaban J connectivity index is 1.65. The SMILES string of the molecule is CCNC(=NCCc1ccc(S(C)(=O)=O)cc1)N1CCC(C)C(n2ccnc2)C1. The standard InChI is InChI=1S/C21H31N5O2S/c1-4-23-21(24-11-9-18-5-7-19(8-6-18)29(3,27)28)25-13-10-17(2)20(15-25)26-14-12-22-16-26/h5-8,12,14,16-17,20H,4,9-11,13,15H2,1-3H3,(H,23,24). The average molecular weight is 418 g/mol. The van der Waals surface area contributed by atoms with Crippen molar-refractivity contribution in [3.05, 3.63) is 48.5 Å². The van der Waals surface area contributed by atoms with E-state index in [2.05, 4.69) is 33.6 Å². The predicted octanol–water partition coefficient (Wildman–Crippen LogP) is 2.38. The van der Waals surface area contributed by atoms with Gasteiger partial charge in [-0.3, -0.25) is 4.99 Å². The molecule has 158 valence electrons. The fraction of sp³-hybridized carbons (Fsp3) is 0.524. The third-order valence-electron chi connectivity index (χ3n) is 5.47. The van der Waals surface area contributed by atoms with E-state index in [0.29, 0.717) is 23.4 Å². The lowest BCUT2D eigenvalue weighted by Gasteiger charge is -2.39. The molecule has 3 rings (SSSR count). The highest BCUT2D eigenvalue weighted by Gasteiger charge is 2.28. The van der Waals surface area contributed by atoms with Crippen molar-refractivity contribution >= 4 is 15.8 Å². The van der Waals surface area contributed by atoms with Gasteiger partial charge in [-0.05, 0) is 43.4 Å². The van der Waals surface area contributed by atoms with Crippen LogP contribution in [0.15, 0.2) is 52.9 Å². The molecule has 0 bridgehead atoms. The minimum atomic E-state index is -3.15. The summed E-state index contributed by atoms with van der Waals surface area (Å²) in [5, 5.41) is 3.42. The third kappa shape index (κ3) is 5.59. The first kappa shape index (κ1) is 21.4. The van der Waals surface area contributed by atoms with Gasteiger partial charge in [0.15, 0.2) is 15.8 Å². The summed E-state index contributed by atoms with van der Waals surface area (Å²) in [7, 11) is -3.15. The van der Waals surface area contributed by atoms with E-state index in [0.717, 1.165) is 44.0 Å². The highest BCUT2D eigenvalue weighted by molar-refractivity contribution is 7.90. The molecule has 8 heteroatoms. The van der Waals surface area contributed by atoms with Crippen LogP contribution in [0, 0.1) is 5.92 Å². The van der Waals surface area contributed by atoms with Crippen molar-refractivity contribution in [3.8, 4) is 0 Å². The molecule has 29 heavy (non-hydrogen) atoms. The van der Waals surface area contributed by atoms with Crippen LogP contribution in [-0.4, -0.2) is 61.3 Å². The average Bonchev–Trinajstić information content (AvgIpc) is 3.22. The molecule has 2 unspecified atom stereocenters. The molecule has 1 aromatic heterocycles. The van der Waals surface area contributed by atoms with Crippen LogP contribution in [0.5, 0.6) is 0 Å². The van der Waals surface area contributed by atoms with Gasteiger partial charge in [0.05, 0.1) is 17.3 Å². The first-order valence-electron chi connectivity index (χ1n) is 10.2. The number of rotatable bonds is 6. The fourth-order valence-corrected chi connectivity index (χ4v) is 4.35. The molecule has 2 heterocycles. The molecule has 1 aliphatic rings. The summed E-state index contributed by atoms with van der Waals surface area (Å²) >= 11 is 0. The number of nitrogens with zero attached hydrogens (tertiary/aromatic N) is 4. The number of hydrogen-bond donors (Lipinski definition) is 1. The van der Waals surface area contributed by atoms with Crippen molar-refractivity contribution < 1.29 is 8.42 Å². The van der Waals surface area contributed by atoms with Crippen molar-refractivity contribution in [2.75, 3.05) is 32.4 Å². The Bertz CT molecular complexity index is 907. The van der Waals surface area contributed by atoms with E-state index in [1.165, 1.54) is 6.26 Å². The number of benzene rings is 1. The lowest BCUT2D eigenvalue weighted by atomic mass is 9.93. The number of likely N-dealkylation sites (tertiary alicyclic amines) is 1. The molecule has 1 fully saturated rings. The van der Waals surface area contributed by atoms with Crippen LogP contribution in [0.3, 0.4) is 0 Å². The zero-order valence-electron chi connectivity index (χ0n) is 17.5. The monoisotopic (exact) mass is 417 g/mol. The summed E-state index contributed by atoms with van der Waals surface area (Å²) in [5.41, 5.74) is 1.08. The highest BCUT2D eigenvalue weighted by Crippen LogP contribution is 2.27. The van der Waals surface area contributed by atoms with Crippen LogP contribution in [0.1, 0.15) is 31.9 Å². The number of guanidine groups is 1. The first-order chi connectivity index (χ1) is 13.9. The van der Waals surface area contributed by atoms with Gasteiger partial charge in [0.2, 0.25) is 0 Å². The molecule has 2 atom stereocenters. The number of piperidine rings is 1. The smallest absolute Gasteiger partial charge is 0.193 e. The molecule has 1 aromatic carbocycles. The van der Waals surface area contributed by atoms with Gasteiger partial charge in [-0.15, -0.1) is 0 Å². The summed E-state index contributed by atoms with van der Waals surface area (Å²) < 4.78 is 25.4. The molecule has 0 amide bonds. The van der Waals surface area contributed by atoms with Gasteiger partial charge in [-0.2, -0.15) is 0 Å². The summed E-state index contributed by atoms with van der Waals surface area (Å²) in [6.07, 6.45) is 8.88. The van der Waals surface area contributed by atoms with E-state index in [1.54, 1.807) is 12.1 Å². The van der Waals surface area contributed by atoms with Gasteiger partial charge in [-0.1, -0.05) is 19.1 Å². The van der Waals surface area contributed by atoms with E-state index >= 15 is 0 Å². The van der Waals surface area contributed by atoms with Gasteiger partial charge in [-0.25, -0.2) is 13.4 Å². The lowest BCUT2D eigenvalue weighted by Crippen LogP contribution is -2.49. The summed E-state index contributed by atoms with van der Waals surface area (Å²) in [6.45, 7) is 7.76. The number of nitrogens with one attached hydrogen (secondary N) is 1. The Labute approximate surface area is 173 Å². The zero-order valence-corrected chi connectivity index (χ0v) is 18.3. The second-order valence-corrected chi connectivity index (χ2v) is 9.71. The van der Waals surface area contributed by atoms with Gasteiger partial charge < -0.3 is 14.8 Å². The second kappa shape index (κ2) is 9.43. The van der Waals surface area contributed by atoms with Crippen LogP contribution in [-0.2, 0) is 16.3 Å². The van der Waals surface area contributed by atoms with E-state index in [1.807, 2.05) is 30.9 Å². The second-order valence-electron chi connectivity index (χ2n) is 7.69. The Morgan fingerprint density at radius 2 is 2.07 bits per heavy atom. The van der Waals surface area contributed by atoms with E-state index in [9.17, 15) is 8.42 Å². The Morgan fingerprint density at radius 3 is 2.69 bits per heavy atom. The van der Waals surface area contributed by atoms with Gasteiger partial charge in [0.1, 0.15) is 0 Å². The van der Waals surface area contributed by atoms with Crippen molar-refractivity contribution in [3.63, 3.8) is 0 Å². The number of sulfone groups is 1. The molecule has 7 nitrogen and oxygen atoms in total. The molecule has 0 saturated carbocycles. The Kier molecular flexibility index (Phi) is 6.95. The molecule has 1 saturated heterocycles. The molecule has 0 radical (unpaired) electrons. The summed E-state index contributed by atoms with van der Waals surface area (Å²) in [4.78, 5) is 11.7. The normalized spacial score (nSPS) is 20.7. The number of aliphatic imine (C=N–C) groups is 1. The number of imidazole rings is 1. The van der Waals surface area contributed by atoms with E-state index < -0.39 is 9.84 Å². The van der Waals surface area contributed by atoms with E-state index in [-0.39, 0.29) is 0 Å². The molecule has 1 aliphatic heterocycles. The Morgan fingerprint density at radius 1 is 1.31 bits per heavy atom. The van der Waals surface area contributed by atoms with Gasteiger partial charge in [0, 0.05) is 44.8 Å². The topological polar surface area (TPSA) is 79.6 Å². The van der Waals surface area contributed by atoms with E-state index in [4.69, 9.17) is 4.99 Å². The Hall–Kier alpha value is -2.35. The minimum Gasteiger partial charge on any atom is -0.357 e. The molecule has 1 N–H and O–H groups in total. The largest absolute Gasteiger partial charge is 0.357 e. The quantitative estimate of drug-likeness (QED) is 0.577. The number of aromatic nitrogens is 2. The fourth-order valence-electron chi connectivity index (χ4n) is 3.72. The van der Waals surface area contributed by atoms with Crippen molar-refractivity contribution in [1.29, 1.82) is 0 Å². The van der Waals surface area contributed by atoms with Crippen molar-refractivity contribution in [2.24, 2.45) is 10.9 Å². The van der Waals surface area contributed by atoms with Crippen LogP contribution in [0.4, 0.5) is 0 Å². The predicted molar refractivity (Wildman–Crippen MR) is 116 cm³/mol. The van der Waals surface area contributed by atoms with Crippen molar-refractivity contribution in [1.82, 2.24) is 19.8 Å². The molecular formula is C21H31N5O2S. The maximum atomic E-state index is 11.6. The minimum absolute atomic E-state index is 0.353. The number of hydrogen-bond acceptors (Lipinski definition) is 4. The van der Waals surface area contributed by atoms with Gasteiger partial charge in [0.25, 0.3) is 0 Å². The van der Waals surface area contributed by atoms with Gasteiger partial charge >= 0.3 is 0 Å². The lowest BCUT2D eigenvalue weighted by molar-refractivity contribution is 0.189. The molecule has 0 aliphatic carbocycles. The van der Waals surface area contributed by atoms with Crippen LogP contribution >= 0.6 is 0 Å². The maximum absolute atomic E-state index is 11.6. The summed E-state index contributed by atoms with van der Waals surface area (Å²) in [5.74, 6) is 1.54. The van der Waals surface area contributed by atoms with Crippen LogP contribution in [0.2, 0.25) is 0 Å². The third-order valence-corrected chi connectivity index (χ3v) is 6.60. The van der Waals surface area contributed by atoms with Crippen molar-refractivity contribution in [2.45, 2.75) is 37.6 Å². The molecule has 2 aromatic rings. The first-order valence-corrected chi connectivity index (χ1v) is 12.1. The van der Waals surface area contributed by atoms with Crippen LogP contribution < -0.4 is 5.32 Å². The maximum Gasteiger partial charge on any atom is 0.193 e. The molecule has 0 spiro atoms. The molecular weight excluding hydrogens is 386 g/mol.